The Morgan fingerprint density at radius 2 is 1.75 bits per heavy atom. The largest absolute Gasteiger partial charge is 0.478 e. The third-order valence-electron chi connectivity index (χ3n) is 6.15. The number of benzene rings is 2. The Morgan fingerprint density at radius 1 is 1.03 bits per heavy atom. The Bertz CT molecular complexity index is 1180. The first-order chi connectivity index (χ1) is 15.4. The van der Waals surface area contributed by atoms with Gasteiger partial charge in [0.05, 0.1) is 11.1 Å². The van der Waals surface area contributed by atoms with Gasteiger partial charge in [0.15, 0.2) is 0 Å². The van der Waals surface area contributed by atoms with Gasteiger partial charge in [-0.2, -0.15) is 0 Å². The van der Waals surface area contributed by atoms with Crippen molar-refractivity contribution in [2.24, 2.45) is 0 Å². The maximum absolute atomic E-state index is 12.0. The number of hydrogen-bond donors (Lipinski definition) is 2. The van der Waals surface area contributed by atoms with Crippen molar-refractivity contribution in [2.45, 2.75) is 27.2 Å². The molecule has 2 N–H and O–H groups in total. The summed E-state index contributed by atoms with van der Waals surface area (Å²) in [7, 11) is 0. The normalized spacial score (nSPS) is 14.0. The lowest BCUT2D eigenvalue weighted by molar-refractivity contribution is -0.115. The molecule has 0 saturated carbocycles. The highest BCUT2D eigenvalue weighted by atomic mass is 16.4. The SMILES string of the molecule is CCC(=O)Nc1ccc2nc(N3CCN(c4cccc(C)c4C)CC3)cc(C(=O)O)c2c1. The highest BCUT2D eigenvalue weighted by Gasteiger charge is 2.22. The van der Waals surface area contributed by atoms with Crippen molar-refractivity contribution >= 4 is 40.0 Å². The van der Waals surface area contributed by atoms with Gasteiger partial charge in [-0.15, -0.1) is 0 Å². The summed E-state index contributed by atoms with van der Waals surface area (Å²) in [6.45, 7) is 9.25. The van der Waals surface area contributed by atoms with Crippen molar-refractivity contribution in [2.75, 3.05) is 41.3 Å². The number of nitrogens with zero attached hydrogens (tertiary/aromatic N) is 3. The highest BCUT2D eigenvalue weighted by Crippen LogP contribution is 2.28. The molecule has 1 amide bonds. The zero-order chi connectivity index (χ0) is 22.8. The highest BCUT2D eigenvalue weighted by molar-refractivity contribution is 6.05. The molecule has 7 nitrogen and oxygen atoms in total. The molecule has 1 saturated heterocycles. The topological polar surface area (TPSA) is 85.8 Å². The molecule has 0 aliphatic carbocycles. The van der Waals surface area contributed by atoms with Gasteiger partial charge in [-0.05, 0) is 55.3 Å². The van der Waals surface area contributed by atoms with Crippen LogP contribution in [0.15, 0.2) is 42.5 Å². The average molecular weight is 433 g/mol. The molecule has 0 atom stereocenters. The van der Waals surface area contributed by atoms with Gasteiger partial charge in [-0.3, -0.25) is 4.79 Å². The van der Waals surface area contributed by atoms with Gasteiger partial charge in [-0.25, -0.2) is 9.78 Å². The molecular formula is C25H28N4O3. The summed E-state index contributed by atoms with van der Waals surface area (Å²) in [4.78, 5) is 33.0. The van der Waals surface area contributed by atoms with Crippen LogP contribution in [0.25, 0.3) is 10.9 Å². The first kappa shape index (κ1) is 21.6. The van der Waals surface area contributed by atoms with Crippen LogP contribution >= 0.6 is 0 Å². The molecule has 4 rings (SSSR count). The van der Waals surface area contributed by atoms with Crippen LogP contribution in [-0.2, 0) is 4.79 Å². The summed E-state index contributed by atoms with van der Waals surface area (Å²) in [6, 6.07) is 13.2. The van der Waals surface area contributed by atoms with Crippen molar-refractivity contribution in [1.82, 2.24) is 4.98 Å². The molecule has 2 heterocycles. The van der Waals surface area contributed by atoms with E-state index in [4.69, 9.17) is 4.98 Å². The molecule has 0 radical (unpaired) electrons. The zero-order valence-electron chi connectivity index (χ0n) is 18.7. The lowest BCUT2D eigenvalue weighted by Gasteiger charge is -2.37. The van der Waals surface area contributed by atoms with E-state index in [0.717, 1.165) is 26.2 Å². The zero-order valence-corrected chi connectivity index (χ0v) is 18.7. The van der Waals surface area contributed by atoms with Crippen molar-refractivity contribution < 1.29 is 14.7 Å². The molecule has 32 heavy (non-hydrogen) atoms. The Kier molecular flexibility index (Phi) is 5.99. The lowest BCUT2D eigenvalue weighted by Crippen LogP contribution is -2.47. The molecular weight excluding hydrogens is 404 g/mol. The fourth-order valence-electron chi connectivity index (χ4n) is 4.13. The van der Waals surface area contributed by atoms with Crippen LogP contribution in [0.2, 0.25) is 0 Å². The molecule has 1 aliphatic heterocycles. The molecule has 2 aromatic carbocycles. The summed E-state index contributed by atoms with van der Waals surface area (Å²) < 4.78 is 0. The molecule has 0 unspecified atom stereocenters. The van der Waals surface area contributed by atoms with Crippen LogP contribution in [0.4, 0.5) is 17.2 Å². The summed E-state index contributed by atoms with van der Waals surface area (Å²) in [5.41, 5.74) is 5.19. The third-order valence-corrected chi connectivity index (χ3v) is 6.15. The van der Waals surface area contributed by atoms with E-state index in [-0.39, 0.29) is 11.5 Å². The van der Waals surface area contributed by atoms with E-state index in [0.29, 0.717) is 28.8 Å². The summed E-state index contributed by atoms with van der Waals surface area (Å²) in [5, 5.41) is 13.1. The number of anilines is 3. The lowest BCUT2D eigenvalue weighted by atomic mass is 10.1. The number of carboxylic acid groups (broad SMARTS) is 1. The van der Waals surface area contributed by atoms with Gasteiger partial charge in [0.25, 0.3) is 0 Å². The number of aromatic nitrogens is 1. The van der Waals surface area contributed by atoms with Crippen LogP contribution in [0, 0.1) is 13.8 Å². The number of amides is 1. The van der Waals surface area contributed by atoms with Crippen LogP contribution in [0.5, 0.6) is 0 Å². The maximum Gasteiger partial charge on any atom is 0.336 e. The van der Waals surface area contributed by atoms with E-state index in [1.165, 1.54) is 16.8 Å². The standard InChI is InChI=1S/C25H28N4O3/c1-4-24(30)26-18-8-9-21-19(14-18)20(25(31)32)15-23(27-21)29-12-10-28(11-13-29)22-7-5-6-16(2)17(22)3/h5-9,14-15H,4,10-13H2,1-3H3,(H,26,30)(H,31,32). The van der Waals surface area contributed by atoms with Gasteiger partial charge in [0, 0.05) is 49.4 Å². The number of aryl methyl sites for hydroxylation is 1. The van der Waals surface area contributed by atoms with Gasteiger partial charge < -0.3 is 20.2 Å². The van der Waals surface area contributed by atoms with Crippen molar-refractivity contribution in [3.63, 3.8) is 0 Å². The van der Waals surface area contributed by atoms with E-state index >= 15 is 0 Å². The number of piperazine rings is 1. The number of carbonyl (C=O) groups is 2. The first-order valence-corrected chi connectivity index (χ1v) is 10.9. The van der Waals surface area contributed by atoms with E-state index in [9.17, 15) is 14.7 Å². The van der Waals surface area contributed by atoms with Crippen LogP contribution in [0.3, 0.4) is 0 Å². The van der Waals surface area contributed by atoms with E-state index in [1.807, 2.05) is 0 Å². The second-order valence-electron chi connectivity index (χ2n) is 8.16. The number of aromatic carboxylic acids is 1. The molecule has 1 fully saturated rings. The number of fused-ring (bicyclic) bond motifs is 1. The second kappa shape index (κ2) is 8.86. The quantitative estimate of drug-likeness (QED) is 0.628. The predicted molar refractivity (Wildman–Crippen MR) is 128 cm³/mol. The molecule has 0 spiro atoms. The average Bonchev–Trinajstić information content (AvgIpc) is 2.80. The smallest absolute Gasteiger partial charge is 0.336 e. The van der Waals surface area contributed by atoms with Crippen LogP contribution in [0.1, 0.15) is 34.8 Å². The summed E-state index contributed by atoms with van der Waals surface area (Å²) >= 11 is 0. The van der Waals surface area contributed by atoms with Crippen molar-refractivity contribution in [1.29, 1.82) is 0 Å². The fourth-order valence-corrected chi connectivity index (χ4v) is 4.13. The third kappa shape index (κ3) is 4.23. The minimum atomic E-state index is -1.01. The molecule has 1 aliphatic rings. The number of carboxylic acids is 1. The van der Waals surface area contributed by atoms with Gasteiger partial charge >= 0.3 is 5.97 Å². The number of nitrogens with one attached hydrogen (secondary N) is 1. The number of pyridine rings is 1. The minimum Gasteiger partial charge on any atom is -0.478 e. The Hall–Kier alpha value is -3.61. The number of hydrogen-bond acceptors (Lipinski definition) is 5. The van der Waals surface area contributed by atoms with Gasteiger partial charge in [-0.1, -0.05) is 19.1 Å². The molecule has 0 bridgehead atoms. The summed E-state index contributed by atoms with van der Waals surface area (Å²) in [6.07, 6.45) is 0.356. The van der Waals surface area contributed by atoms with E-state index in [2.05, 4.69) is 47.2 Å². The predicted octanol–water partition coefficient (Wildman–Crippen LogP) is 4.22. The Labute approximate surface area is 187 Å². The molecule has 3 aromatic rings. The maximum atomic E-state index is 12.0. The number of rotatable bonds is 5. The Balaban J connectivity index is 1.59. The van der Waals surface area contributed by atoms with Gasteiger partial charge in [0.2, 0.25) is 5.91 Å². The van der Waals surface area contributed by atoms with Crippen LogP contribution in [-0.4, -0.2) is 48.1 Å². The second-order valence-corrected chi connectivity index (χ2v) is 8.16. The van der Waals surface area contributed by atoms with Crippen molar-refractivity contribution in [3.8, 4) is 0 Å². The Morgan fingerprint density at radius 3 is 2.44 bits per heavy atom. The van der Waals surface area contributed by atoms with Crippen molar-refractivity contribution in [3.05, 3.63) is 59.2 Å². The van der Waals surface area contributed by atoms with E-state index in [1.54, 1.807) is 31.2 Å². The molecule has 7 heteroatoms. The minimum absolute atomic E-state index is 0.118. The first-order valence-electron chi connectivity index (χ1n) is 10.9. The molecule has 166 valence electrons. The molecule has 1 aromatic heterocycles. The monoisotopic (exact) mass is 432 g/mol. The fraction of sp³-hybridized carbons (Fsp3) is 0.320. The van der Waals surface area contributed by atoms with Gasteiger partial charge in [0.1, 0.15) is 5.82 Å². The van der Waals surface area contributed by atoms with E-state index < -0.39 is 5.97 Å². The van der Waals surface area contributed by atoms with Crippen LogP contribution < -0.4 is 15.1 Å². The summed E-state index contributed by atoms with van der Waals surface area (Å²) in [5.74, 6) is -0.458. The number of carbonyl (C=O) groups excluding carboxylic acids is 1.